The summed E-state index contributed by atoms with van der Waals surface area (Å²) in [4.78, 5) is 23.6. The molecular formula is C22H27N5O2. The van der Waals surface area contributed by atoms with E-state index in [9.17, 15) is 4.79 Å². The first-order valence-corrected chi connectivity index (χ1v) is 10.2. The molecular weight excluding hydrogens is 366 g/mol. The third-order valence-corrected chi connectivity index (χ3v) is 5.36. The third-order valence-electron chi connectivity index (χ3n) is 5.36. The second-order valence-corrected chi connectivity index (χ2v) is 7.32. The topological polar surface area (TPSA) is 71.8 Å². The minimum Gasteiger partial charge on any atom is -0.497 e. The van der Waals surface area contributed by atoms with Gasteiger partial charge in [-0.1, -0.05) is 25.0 Å². The van der Waals surface area contributed by atoms with Gasteiger partial charge in [0.05, 0.1) is 13.3 Å². The van der Waals surface area contributed by atoms with Crippen molar-refractivity contribution in [3.63, 3.8) is 0 Å². The quantitative estimate of drug-likeness (QED) is 0.693. The number of hydrogen-bond acceptors (Lipinski definition) is 5. The molecule has 1 amide bonds. The molecule has 1 N–H and O–H groups in total. The number of benzene rings is 1. The van der Waals surface area contributed by atoms with Crippen LogP contribution in [0.15, 0.2) is 42.9 Å². The van der Waals surface area contributed by atoms with Gasteiger partial charge in [-0.05, 0) is 25.0 Å². The number of amides is 1. The van der Waals surface area contributed by atoms with Crippen LogP contribution < -0.4 is 10.1 Å². The van der Waals surface area contributed by atoms with Crippen molar-refractivity contribution >= 4 is 17.4 Å². The van der Waals surface area contributed by atoms with Crippen molar-refractivity contribution in [3.8, 4) is 17.0 Å². The number of nitrogens with one attached hydrogen (secondary N) is 1. The summed E-state index contributed by atoms with van der Waals surface area (Å²) in [6, 6.07) is 7.82. The average Bonchev–Trinajstić information content (AvgIpc) is 2.92. The standard InChI is InChI=1S/C22H27N5O2/c1-29-18-8-6-7-17(15-18)21-22(27-14-11-23-16-19(27)25-21)24-10-9-20(28)26-12-4-2-3-5-13-26/h6-8,11,14-16,24H,2-5,9-10,12-13H2,1H3. The predicted octanol–water partition coefficient (Wildman–Crippen LogP) is 3.61. The number of carbonyl (C=O) groups is 1. The number of rotatable bonds is 6. The second kappa shape index (κ2) is 8.94. The van der Waals surface area contributed by atoms with Crippen LogP contribution in [0.5, 0.6) is 5.75 Å². The molecule has 1 aromatic carbocycles. The number of ether oxygens (including phenoxy) is 1. The zero-order valence-corrected chi connectivity index (χ0v) is 16.8. The molecule has 3 aromatic rings. The van der Waals surface area contributed by atoms with Crippen LogP contribution in [-0.4, -0.2) is 51.9 Å². The normalized spacial score (nSPS) is 14.6. The summed E-state index contributed by atoms with van der Waals surface area (Å²) in [6.45, 7) is 2.33. The molecule has 1 saturated heterocycles. The Labute approximate surface area is 170 Å². The number of carbonyl (C=O) groups excluding carboxylic acids is 1. The summed E-state index contributed by atoms with van der Waals surface area (Å²) < 4.78 is 7.33. The van der Waals surface area contributed by atoms with Crippen LogP contribution in [0.1, 0.15) is 32.1 Å². The zero-order valence-electron chi connectivity index (χ0n) is 16.8. The van der Waals surface area contributed by atoms with Crippen LogP contribution in [0.25, 0.3) is 16.9 Å². The van der Waals surface area contributed by atoms with Crippen LogP contribution in [-0.2, 0) is 4.79 Å². The smallest absolute Gasteiger partial charge is 0.224 e. The minimum atomic E-state index is 0.220. The Morgan fingerprint density at radius 3 is 2.83 bits per heavy atom. The molecule has 1 aliphatic heterocycles. The molecule has 2 aromatic heterocycles. The summed E-state index contributed by atoms with van der Waals surface area (Å²) in [5.74, 6) is 1.86. The first kappa shape index (κ1) is 19.2. The van der Waals surface area contributed by atoms with Crippen LogP contribution in [0.2, 0.25) is 0 Å². The van der Waals surface area contributed by atoms with Crippen molar-refractivity contribution in [1.29, 1.82) is 0 Å². The number of methoxy groups -OCH3 is 1. The van der Waals surface area contributed by atoms with Gasteiger partial charge >= 0.3 is 0 Å². The molecule has 0 atom stereocenters. The van der Waals surface area contributed by atoms with Gasteiger partial charge in [-0.15, -0.1) is 0 Å². The summed E-state index contributed by atoms with van der Waals surface area (Å²) in [5.41, 5.74) is 2.53. The van der Waals surface area contributed by atoms with Crippen molar-refractivity contribution in [3.05, 3.63) is 42.9 Å². The minimum absolute atomic E-state index is 0.220. The number of hydrogen-bond donors (Lipinski definition) is 1. The Morgan fingerprint density at radius 1 is 1.21 bits per heavy atom. The zero-order chi connectivity index (χ0) is 20.1. The molecule has 4 rings (SSSR count). The molecule has 0 radical (unpaired) electrons. The number of anilines is 1. The molecule has 0 unspecified atom stereocenters. The van der Waals surface area contributed by atoms with Crippen LogP contribution >= 0.6 is 0 Å². The molecule has 7 nitrogen and oxygen atoms in total. The largest absolute Gasteiger partial charge is 0.497 e. The maximum Gasteiger partial charge on any atom is 0.224 e. The lowest BCUT2D eigenvalue weighted by atomic mass is 10.1. The Kier molecular flexibility index (Phi) is 5.93. The lowest BCUT2D eigenvalue weighted by Gasteiger charge is -2.20. The van der Waals surface area contributed by atoms with Crippen LogP contribution in [0, 0.1) is 0 Å². The van der Waals surface area contributed by atoms with Gasteiger partial charge in [-0.3, -0.25) is 14.2 Å². The van der Waals surface area contributed by atoms with E-state index >= 15 is 0 Å². The van der Waals surface area contributed by atoms with E-state index in [4.69, 9.17) is 9.72 Å². The molecule has 0 aliphatic carbocycles. The van der Waals surface area contributed by atoms with Gasteiger partial charge in [-0.2, -0.15) is 0 Å². The third kappa shape index (κ3) is 4.34. The van der Waals surface area contributed by atoms with E-state index in [1.54, 1.807) is 19.5 Å². The molecule has 1 aliphatic rings. The maximum atomic E-state index is 12.6. The van der Waals surface area contributed by atoms with Crippen molar-refractivity contribution < 1.29 is 9.53 Å². The number of nitrogens with zero attached hydrogens (tertiary/aromatic N) is 4. The Balaban J connectivity index is 1.53. The monoisotopic (exact) mass is 393 g/mol. The molecule has 1 fully saturated rings. The fraction of sp³-hybridized carbons (Fsp3) is 0.409. The fourth-order valence-corrected chi connectivity index (χ4v) is 3.81. The predicted molar refractivity (Wildman–Crippen MR) is 113 cm³/mol. The summed E-state index contributed by atoms with van der Waals surface area (Å²) >= 11 is 0. The maximum absolute atomic E-state index is 12.6. The molecule has 7 heteroatoms. The van der Waals surface area contributed by atoms with Crippen molar-refractivity contribution in [2.75, 3.05) is 32.1 Å². The highest BCUT2D eigenvalue weighted by atomic mass is 16.5. The molecule has 0 bridgehead atoms. The highest BCUT2D eigenvalue weighted by molar-refractivity contribution is 5.79. The highest BCUT2D eigenvalue weighted by Crippen LogP contribution is 2.30. The van der Waals surface area contributed by atoms with E-state index < -0.39 is 0 Å². The summed E-state index contributed by atoms with van der Waals surface area (Å²) in [7, 11) is 1.65. The number of imidazole rings is 1. The number of likely N-dealkylation sites (tertiary alicyclic amines) is 1. The van der Waals surface area contributed by atoms with Gasteiger partial charge in [0.1, 0.15) is 17.3 Å². The van der Waals surface area contributed by atoms with E-state index in [2.05, 4.69) is 10.3 Å². The van der Waals surface area contributed by atoms with Crippen molar-refractivity contribution in [1.82, 2.24) is 19.3 Å². The Bertz CT molecular complexity index is 976. The SMILES string of the molecule is COc1cccc(-c2nc3cnccn3c2NCCC(=O)N2CCCCCC2)c1. The first-order chi connectivity index (χ1) is 14.3. The summed E-state index contributed by atoms with van der Waals surface area (Å²) in [6.07, 6.45) is 10.5. The molecule has 0 saturated carbocycles. The van der Waals surface area contributed by atoms with E-state index in [0.29, 0.717) is 13.0 Å². The summed E-state index contributed by atoms with van der Waals surface area (Å²) in [5, 5.41) is 3.44. The van der Waals surface area contributed by atoms with Gasteiger partial charge in [0.2, 0.25) is 5.91 Å². The van der Waals surface area contributed by atoms with Gasteiger partial charge in [0.25, 0.3) is 0 Å². The van der Waals surface area contributed by atoms with Crippen LogP contribution in [0.3, 0.4) is 0 Å². The lowest BCUT2D eigenvalue weighted by molar-refractivity contribution is -0.130. The number of fused-ring (bicyclic) bond motifs is 1. The van der Waals surface area contributed by atoms with E-state index in [1.165, 1.54) is 12.8 Å². The molecule has 29 heavy (non-hydrogen) atoms. The van der Waals surface area contributed by atoms with Gasteiger partial charge < -0.3 is 15.0 Å². The Hall–Kier alpha value is -3.09. The van der Waals surface area contributed by atoms with Crippen molar-refractivity contribution in [2.24, 2.45) is 0 Å². The van der Waals surface area contributed by atoms with E-state index in [0.717, 1.165) is 54.4 Å². The fourth-order valence-electron chi connectivity index (χ4n) is 3.81. The van der Waals surface area contributed by atoms with Gasteiger partial charge in [-0.25, -0.2) is 4.98 Å². The Morgan fingerprint density at radius 2 is 2.03 bits per heavy atom. The molecule has 0 spiro atoms. The molecule has 3 heterocycles. The van der Waals surface area contributed by atoms with E-state index in [-0.39, 0.29) is 5.91 Å². The number of aromatic nitrogens is 3. The van der Waals surface area contributed by atoms with Crippen molar-refractivity contribution in [2.45, 2.75) is 32.1 Å². The van der Waals surface area contributed by atoms with Gasteiger partial charge in [0, 0.05) is 44.0 Å². The van der Waals surface area contributed by atoms with Crippen LogP contribution in [0.4, 0.5) is 5.82 Å². The average molecular weight is 393 g/mol. The highest BCUT2D eigenvalue weighted by Gasteiger charge is 2.17. The first-order valence-electron chi connectivity index (χ1n) is 10.2. The van der Waals surface area contributed by atoms with Gasteiger partial charge in [0.15, 0.2) is 5.65 Å². The molecule has 152 valence electrons. The van der Waals surface area contributed by atoms with E-state index in [1.807, 2.05) is 39.8 Å². The lowest BCUT2D eigenvalue weighted by Crippen LogP contribution is -2.33. The second-order valence-electron chi connectivity index (χ2n) is 7.32.